The Morgan fingerprint density at radius 3 is 2.48 bits per heavy atom. The predicted molar refractivity (Wildman–Crippen MR) is 107 cm³/mol. The van der Waals surface area contributed by atoms with E-state index >= 15 is 0 Å². The first-order valence-electron chi connectivity index (χ1n) is 9.24. The minimum atomic E-state index is -0.802. The molecule has 1 amide bonds. The number of esters is 2. The SMILES string of the molecule is COC(=O)c1ccccc1C(=O)OCC(=O)Nc1sc2c(c1C#N)CCCCC2. The van der Waals surface area contributed by atoms with E-state index in [0.29, 0.717) is 10.6 Å². The zero-order valence-corrected chi connectivity index (χ0v) is 16.8. The van der Waals surface area contributed by atoms with Crippen LogP contribution in [0.1, 0.15) is 56.0 Å². The Morgan fingerprint density at radius 1 is 1.10 bits per heavy atom. The lowest BCUT2D eigenvalue weighted by molar-refractivity contribution is -0.119. The molecule has 0 unspecified atom stereocenters. The number of fused-ring (bicyclic) bond motifs is 1. The highest BCUT2D eigenvalue weighted by Gasteiger charge is 2.22. The van der Waals surface area contributed by atoms with Crippen molar-refractivity contribution >= 4 is 34.2 Å². The molecule has 1 aromatic heterocycles. The van der Waals surface area contributed by atoms with Crippen LogP contribution in [0.2, 0.25) is 0 Å². The minimum absolute atomic E-state index is 0.0210. The molecule has 0 fully saturated rings. The van der Waals surface area contributed by atoms with Crippen molar-refractivity contribution in [2.45, 2.75) is 32.1 Å². The van der Waals surface area contributed by atoms with E-state index in [9.17, 15) is 19.6 Å². The third-order valence-corrected chi connectivity index (χ3v) is 5.88. The summed E-state index contributed by atoms with van der Waals surface area (Å²) in [5, 5.41) is 12.7. The molecule has 1 N–H and O–H groups in total. The van der Waals surface area contributed by atoms with Gasteiger partial charge in [0.1, 0.15) is 11.1 Å². The zero-order valence-electron chi connectivity index (χ0n) is 15.9. The maximum atomic E-state index is 12.3. The number of nitrogens with zero attached hydrogens (tertiary/aromatic N) is 1. The van der Waals surface area contributed by atoms with E-state index in [1.54, 1.807) is 12.1 Å². The number of methoxy groups -OCH3 is 1. The van der Waals surface area contributed by atoms with Crippen LogP contribution in [0, 0.1) is 11.3 Å². The molecular weight excluding hydrogens is 392 g/mol. The van der Waals surface area contributed by atoms with E-state index in [1.165, 1.54) is 30.6 Å². The van der Waals surface area contributed by atoms with Crippen LogP contribution in [0.25, 0.3) is 0 Å². The van der Waals surface area contributed by atoms with Gasteiger partial charge in [0.05, 0.1) is 23.8 Å². The Kier molecular flexibility index (Phi) is 6.62. The van der Waals surface area contributed by atoms with Crippen LogP contribution in [-0.2, 0) is 27.1 Å². The molecule has 3 rings (SSSR count). The van der Waals surface area contributed by atoms with Crippen molar-refractivity contribution in [3.8, 4) is 6.07 Å². The summed E-state index contributed by atoms with van der Waals surface area (Å²) in [6, 6.07) is 8.24. The van der Waals surface area contributed by atoms with Crippen LogP contribution in [0.4, 0.5) is 5.00 Å². The van der Waals surface area contributed by atoms with Gasteiger partial charge in [-0.1, -0.05) is 18.6 Å². The maximum Gasteiger partial charge on any atom is 0.339 e. The molecule has 0 bridgehead atoms. The van der Waals surface area contributed by atoms with Crippen LogP contribution >= 0.6 is 11.3 Å². The summed E-state index contributed by atoms with van der Waals surface area (Å²) in [4.78, 5) is 37.5. The molecule has 1 aliphatic rings. The van der Waals surface area contributed by atoms with Crippen LogP contribution in [0.15, 0.2) is 24.3 Å². The Morgan fingerprint density at radius 2 is 1.79 bits per heavy atom. The van der Waals surface area contributed by atoms with Crippen molar-refractivity contribution in [1.82, 2.24) is 0 Å². The zero-order chi connectivity index (χ0) is 20.8. The quantitative estimate of drug-likeness (QED) is 0.595. The molecule has 0 atom stereocenters. The predicted octanol–water partition coefficient (Wildman–Crippen LogP) is 3.47. The number of nitrogens with one attached hydrogen (secondary N) is 1. The standard InChI is InChI=1S/C21H20N2O5S/c1-27-20(25)14-8-5-6-9-15(14)21(26)28-12-18(24)23-19-16(11-22)13-7-3-2-4-10-17(13)29-19/h5-6,8-9H,2-4,7,10,12H2,1H3,(H,23,24). The number of thiophene rings is 1. The average molecular weight is 412 g/mol. The summed E-state index contributed by atoms with van der Waals surface area (Å²) in [5.41, 5.74) is 1.61. The Bertz CT molecular complexity index is 989. The molecule has 29 heavy (non-hydrogen) atoms. The van der Waals surface area contributed by atoms with E-state index in [-0.39, 0.29) is 11.1 Å². The normalized spacial score (nSPS) is 12.8. The molecule has 150 valence electrons. The van der Waals surface area contributed by atoms with Crippen LogP contribution in [0.5, 0.6) is 0 Å². The molecule has 2 aromatic rings. The molecule has 0 radical (unpaired) electrons. The largest absolute Gasteiger partial charge is 0.465 e. The fraction of sp³-hybridized carbons (Fsp3) is 0.333. The number of aryl methyl sites for hydroxylation is 1. The number of carbonyl (C=O) groups is 3. The van der Waals surface area contributed by atoms with E-state index in [1.807, 2.05) is 0 Å². The minimum Gasteiger partial charge on any atom is -0.465 e. The Hall–Kier alpha value is -3.18. The third kappa shape index (κ3) is 4.63. The first kappa shape index (κ1) is 20.6. The topological polar surface area (TPSA) is 105 Å². The van der Waals surface area contributed by atoms with Crippen LogP contribution in [0.3, 0.4) is 0 Å². The number of nitriles is 1. The average Bonchev–Trinajstić information content (AvgIpc) is 2.90. The van der Waals surface area contributed by atoms with Gasteiger partial charge in [-0.15, -0.1) is 11.3 Å². The second kappa shape index (κ2) is 9.34. The molecule has 0 saturated heterocycles. The molecular formula is C21H20N2O5S. The highest BCUT2D eigenvalue weighted by molar-refractivity contribution is 7.16. The number of amides is 1. The first-order valence-corrected chi connectivity index (χ1v) is 10.1. The summed E-state index contributed by atoms with van der Waals surface area (Å²) in [7, 11) is 1.22. The lowest BCUT2D eigenvalue weighted by Crippen LogP contribution is -2.22. The molecule has 7 nitrogen and oxygen atoms in total. The van der Waals surface area contributed by atoms with Gasteiger partial charge >= 0.3 is 11.9 Å². The highest BCUT2D eigenvalue weighted by atomic mass is 32.1. The summed E-state index contributed by atoms with van der Waals surface area (Å²) in [6.07, 6.45) is 4.98. The Labute approximate surface area is 172 Å². The molecule has 1 aromatic carbocycles. The first-order chi connectivity index (χ1) is 14.0. The molecule has 0 saturated carbocycles. The summed E-state index contributed by atoms with van der Waals surface area (Å²) in [5.74, 6) is -2.01. The second-order valence-corrected chi connectivity index (χ2v) is 7.65. The van der Waals surface area contributed by atoms with Gasteiger partial charge in [-0.2, -0.15) is 5.26 Å². The Balaban J connectivity index is 1.66. The fourth-order valence-corrected chi connectivity index (χ4v) is 4.53. The van der Waals surface area contributed by atoms with Gasteiger partial charge in [-0.25, -0.2) is 9.59 Å². The van der Waals surface area contributed by atoms with Crippen molar-refractivity contribution in [2.75, 3.05) is 19.0 Å². The molecule has 1 aliphatic carbocycles. The van der Waals surface area contributed by atoms with Gasteiger partial charge in [0, 0.05) is 4.88 Å². The number of benzene rings is 1. The lowest BCUT2D eigenvalue weighted by atomic mass is 10.1. The summed E-state index contributed by atoms with van der Waals surface area (Å²) >= 11 is 1.41. The number of anilines is 1. The molecule has 0 aliphatic heterocycles. The number of ether oxygens (including phenoxy) is 2. The van der Waals surface area contributed by atoms with Crippen molar-refractivity contribution in [3.05, 3.63) is 51.4 Å². The smallest absolute Gasteiger partial charge is 0.339 e. The number of carbonyl (C=O) groups excluding carboxylic acids is 3. The summed E-state index contributed by atoms with van der Waals surface area (Å²) < 4.78 is 9.71. The van der Waals surface area contributed by atoms with Gasteiger partial charge in [0.25, 0.3) is 5.91 Å². The van der Waals surface area contributed by atoms with Crippen LogP contribution in [-0.4, -0.2) is 31.6 Å². The molecule has 0 spiro atoms. The monoisotopic (exact) mass is 412 g/mol. The van der Waals surface area contributed by atoms with Crippen molar-refractivity contribution < 1.29 is 23.9 Å². The van der Waals surface area contributed by atoms with Gasteiger partial charge in [0.15, 0.2) is 6.61 Å². The van der Waals surface area contributed by atoms with Gasteiger partial charge in [0.2, 0.25) is 0 Å². The van der Waals surface area contributed by atoms with E-state index < -0.39 is 24.5 Å². The fourth-order valence-electron chi connectivity index (χ4n) is 3.27. The van der Waals surface area contributed by atoms with E-state index in [2.05, 4.69) is 16.1 Å². The van der Waals surface area contributed by atoms with Gasteiger partial charge < -0.3 is 14.8 Å². The molecule has 1 heterocycles. The molecule has 8 heteroatoms. The summed E-state index contributed by atoms with van der Waals surface area (Å²) in [6.45, 7) is -0.526. The van der Waals surface area contributed by atoms with Crippen molar-refractivity contribution in [1.29, 1.82) is 5.26 Å². The van der Waals surface area contributed by atoms with E-state index in [4.69, 9.17) is 4.74 Å². The van der Waals surface area contributed by atoms with E-state index in [0.717, 1.165) is 42.5 Å². The van der Waals surface area contributed by atoms with Gasteiger partial charge in [-0.3, -0.25) is 4.79 Å². The van der Waals surface area contributed by atoms with Crippen molar-refractivity contribution in [3.63, 3.8) is 0 Å². The van der Waals surface area contributed by atoms with Crippen LogP contribution < -0.4 is 5.32 Å². The maximum absolute atomic E-state index is 12.3. The second-order valence-electron chi connectivity index (χ2n) is 6.54. The third-order valence-electron chi connectivity index (χ3n) is 4.67. The lowest BCUT2D eigenvalue weighted by Gasteiger charge is -2.08. The van der Waals surface area contributed by atoms with Gasteiger partial charge in [-0.05, 0) is 43.4 Å². The van der Waals surface area contributed by atoms with Crippen molar-refractivity contribution in [2.24, 2.45) is 0 Å². The number of rotatable bonds is 5. The number of hydrogen-bond donors (Lipinski definition) is 1. The highest BCUT2D eigenvalue weighted by Crippen LogP contribution is 2.36. The number of hydrogen-bond acceptors (Lipinski definition) is 7.